The average Bonchev–Trinajstić information content (AvgIpc) is 2.53. The molecule has 0 unspecified atom stereocenters. The van der Waals surface area contributed by atoms with Gasteiger partial charge in [0, 0.05) is 32.6 Å². The fraction of sp³-hybridized carbons (Fsp3) is 0.353. The van der Waals surface area contributed by atoms with Crippen molar-refractivity contribution in [1.82, 2.24) is 10.2 Å². The molecular weight excluding hydrogens is 248 g/mol. The highest BCUT2D eigenvalue weighted by Gasteiger charge is 2.15. The van der Waals surface area contributed by atoms with Gasteiger partial charge in [-0.2, -0.15) is 0 Å². The summed E-state index contributed by atoms with van der Waals surface area (Å²) < 4.78 is 0. The van der Waals surface area contributed by atoms with Crippen molar-refractivity contribution in [3.05, 3.63) is 48.0 Å². The van der Waals surface area contributed by atoms with E-state index >= 15 is 0 Å². The Morgan fingerprint density at radius 1 is 1.05 bits per heavy atom. The summed E-state index contributed by atoms with van der Waals surface area (Å²) in [6.07, 6.45) is 1.44. The van der Waals surface area contributed by atoms with Crippen LogP contribution in [0.5, 0.6) is 0 Å². The summed E-state index contributed by atoms with van der Waals surface area (Å²) in [7, 11) is 0. The van der Waals surface area contributed by atoms with Crippen LogP contribution < -0.4 is 5.32 Å². The van der Waals surface area contributed by atoms with E-state index in [0.29, 0.717) is 6.42 Å². The first-order chi connectivity index (χ1) is 9.83. The molecule has 0 spiro atoms. The molecule has 1 heterocycles. The van der Waals surface area contributed by atoms with Crippen molar-refractivity contribution >= 4 is 16.7 Å². The van der Waals surface area contributed by atoms with Crippen molar-refractivity contribution in [2.45, 2.75) is 12.8 Å². The Balaban J connectivity index is 1.62. The van der Waals surface area contributed by atoms with Gasteiger partial charge >= 0.3 is 0 Å². The van der Waals surface area contributed by atoms with E-state index in [2.05, 4.69) is 47.8 Å². The minimum absolute atomic E-state index is 0.277. The summed E-state index contributed by atoms with van der Waals surface area (Å²) in [5.74, 6) is 0.277. The zero-order valence-corrected chi connectivity index (χ0v) is 11.6. The summed E-state index contributed by atoms with van der Waals surface area (Å²) in [6.45, 7) is 3.52. The predicted molar refractivity (Wildman–Crippen MR) is 81.7 cm³/mol. The highest BCUT2D eigenvalue weighted by molar-refractivity contribution is 5.83. The number of hydrogen-bond acceptors (Lipinski definition) is 2. The number of carbonyl (C=O) groups excluding carboxylic acids is 1. The van der Waals surface area contributed by atoms with Crippen LogP contribution in [0.1, 0.15) is 12.0 Å². The SMILES string of the molecule is O=C(CCc1ccc2ccccc2c1)N1CCNCC1. The van der Waals surface area contributed by atoms with Crippen molar-refractivity contribution in [2.75, 3.05) is 26.2 Å². The molecule has 0 radical (unpaired) electrons. The molecule has 104 valence electrons. The Morgan fingerprint density at radius 2 is 1.80 bits per heavy atom. The summed E-state index contributed by atoms with van der Waals surface area (Å²) >= 11 is 0. The number of nitrogens with zero attached hydrogens (tertiary/aromatic N) is 1. The summed E-state index contributed by atoms with van der Waals surface area (Å²) in [5.41, 5.74) is 1.24. The number of amides is 1. The number of hydrogen-bond donors (Lipinski definition) is 1. The summed E-state index contributed by atoms with van der Waals surface area (Å²) in [6, 6.07) is 14.8. The van der Waals surface area contributed by atoms with E-state index in [0.717, 1.165) is 32.6 Å². The number of carbonyl (C=O) groups is 1. The molecule has 1 amide bonds. The van der Waals surface area contributed by atoms with Gasteiger partial charge in [-0.05, 0) is 22.8 Å². The first-order valence-electron chi connectivity index (χ1n) is 7.29. The van der Waals surface area contributed by atoms with Gasteiger partial charge in [0.05, 0.1) is 0 Å². The van der Waals surface area contributed by atoms with E-state index in [-0.39, 0.29) is 5.91 Å². The van der Waals surface area contributed by atoms with E-state index in [1.165, 1.54) is 16.3 Å². The Morgan fingerprint density at radius 3 is 2.60 bits per heavy atom. The molecule has 0 aromatic heterocycles. The molecule has 2 aromatic rings. The third-order valence-electron chi connectivity index (χ3n) is 3.91. The third kappa shape index (κ3) is 2.99. The number of benzene rings is 2. The highest BCUT2D eigenvalue weighted by atomic mass is 16.2. The smallest absolute Gasteiger partial charge is 0.222 e. The number of aryl methyl sites for hydroxylation is 1. The van der Waals surface area contributed by atoms with Crippen LogP contribution in [0.2, 0.25) is 0 Å². The van der Waals surface area contributed by atoms with Gasteiger partial charge in [-0.25, -0.2) is 0 Å². The third-order valence-corrected chi connectivity index (χ3v) is 3.91. The molecular formula is C17H20N2O. The van der Waals surface area contributed by atoms with Crippen LogP contribution >= 0.6 is 0 Å². The fourth-order valence-corrected chi connectivity index (χ4v) is 2.72. The van der Waals surface area contributed by atoms with E-state index < -0.39 is 0 Å². The van der Waals surface area contributed by atoms with Crippen molar-refractivity contribution in [1.29, 1.82) is 0 Å². The van der Waals surface area contributed by atoms with Gasteiger partial charge in [0.2, 0.25) is 5.91 Å². The lowest BCUT2D eigenvalue weighted by molar-refractivity contribution is -0.131. The van der Waals surface area contributed by atoms with Crippen LogP contribution in [0.15, 0.2) is 42.5 Å². The molecule has 1 N–H and O–H groups in total. The Bertz CT molecular complexity index is 603. The predicted octanol–water partition coefficient (Wildman–Crippen LogP) is 2.20. The summed E-state index contributed by atoms with van der Waals surface area (Å²) in [5, 5.41) is 5.77. The molecule has 1 aliphatic heterocycles. The maximum atomic E-state index is 12.1. The molecule has 0 aliphatic carbocycles. The van der Waals surface area contributed by atoms with Gasteiger partial charge in [0.25, 0.3) is 0 Å². The second-order valence-electron chi connectivity index (χ2n) is 5.31. The minimum atomic E-state index is 0.277. The summed E-state index contributed by atoms with van der Waals surface area (Å²) in [4.78, 5) is 14.1. The Kier molecular flexibility index (Phi) is 3.97. The Hall–Kier alpha value is -1.87. The number of nitrogens with one attached hydrogen (secondary N) is 1. The first kappa shape index (κ1) is 13.1. The molecule has 0 saturated carbocycles. The van der Waals surface area contributed by atoms with Crippen LogP contribution in [-0.2, 0) is 11.2 Å². The molecule has 1 saturated heterocycles. The van der Waals surface area contributed by atoms with Crippen LogP contribution in [0.3, 0.4) is 0 Å². The molecule has 1 fully saturated rings. The topological polar surface area (TPSA) is 32.3 Å². The first-order valence-corrected chi connectivity index (χ1v) is 7.29. The molecule has 0 bridgehead atoms. The zero-order valence-electron chi connectivity index (χ0n) is 11.6. The van der Waals surface area contributed by atoms with E-state index in [4.69, 9.17) is 0 Å². The second kappa shape index (κ2) is 6.06. The maximum Gasteiger partial charge on any atom is 0.222 e. The number of fused-ring (bicyclic) bond motifs is 1. The highest BCUT2D eigenvalue weighted by Crippen LogP contribution is 2.16. The van der Waals surface area contributed by atoms with Crippen LogP contribution in [0.25, 0.3) is 10.8 Å². The largest absolute Gasteiger partial charge is 0.340 e. The van der Waals surface area contributed by atoms with Crippen LogP contribution in [-0.4, -0.2) is 37.0 Å². The van der Waals surface area contributed by atoms with Crippen molar-refractivity contribution in [3.63, 3.8) is 0 Å². The van der Waals surface area contributed by atoms with E-state index in [1.807, 2.05) is 4.90 Å². The monoisotopic (exact) mass is 268 g/mol. The minimum Gasteiger partial charge on any atom is -0.340 e. The Labute approximate surface area is 119 Å². The zero-order chi connectivity index (χ0) is 13.8. The normalized spacial score (nSPS) is 15.5. The van der Waals surface area contributed by atoms with E-state index in [1.54, 1.807) is 0 Å². The van der Waals surface area contributed by atoms with Gasteiger partial charge in [0.1, 0.15) is 0 Å². The molecule has 3 nitrogen and oxygen atoms in total. The molecule has 0 atom stereocenters. The standard InChI is InChI=1S/C17H20N2O/c20-17(19-11-9-18-10-12-19)8-6-14-5-7-15-3-1-2-4-16(15)13-14/h1-5,7,13,18H,6,8-12H2. The number of rotatable bonds is 3. The van der Waals surface area contributed by atoms with Gasteiger partial charge in [-0.3, -0.25) is 4.79 Å². The molecule has 3 rings (SSSR count). The molecule has 1 aliphatic rings. The van der Waals surface area contributed by atoms with Crippen molar-refractivity contribution in [3.8, 4) is 0 Å². The average molecular weight is 268 g/mol. The fourth-order valence-electron chi connectivity index (χ4n) is 2.72. The van der Waals surface area contributed by atoms with Gasteiger partial charge < -0.3 is 10.2 Å². The lowest BCUT2D eigenvalue weighted by Gasteiger charge is -2.27. The van der Waals surface area contributed by atoms with Crippen molar-refractivity contribution in [2.24, 2.45) is 0 Å². The molecule has 20 heavy (non-hydrogen) atoms. The second-order valence-corrected chi connectivity index (χ2v) is 5.31. The lowest BCUT2D eigenvalue weighted by atomic mass is 10.0. The molecule has 2 aromatic carbocycles. The quantitative estimate of drug-likeness (QED) is 0.925. The van der Waals surface area contributed by atoms with Crippen LogP contribution in [0.4, 0.5) is 0 Å². The van der Waals surface area contributed by atoms with Crippen molar-refractivity contribution < 1.29 is 4.79 Å². The lowest BCUT2D eigenvalue weighted by Crippen LogP contribution is -2.46. The number of piperazine rings is 1. The van der Waals surface area contributed by atoms with E-state index in [9.17, 15) is 4.79 Å². The maximum absolute atomic E-state index is 12.1. The van der Waals surface area contributed by atoms with Gasteiger partial charge in [-0.15, -0.1) is 0 Å². The van der Waals surface area contributed by atoms with Crippen LogP contribution in [0, 0.1) is 0 Å². The van der Waals surface area contributed by atoms with Gasteiger partial charge in [0.15, 0.2) is 0 Å². The molecule has 3 heteroatoms. The van der Waals surface area contributed by atoms with Gasteiger partial charge in [-0.1, -0.05) is 42.5 Å².